The minimum Gasteiger partial charge on any atom is -0.318 e. The number of rotatable bonds is 4. The van der Waals surface area contributed by atoms with E-state index >= 15 is 0 Å². The fourth-order valence-corrected chi connectivity index (χ4v) is 6.52. The number of amidine groups is 1. The second-order valence-electron chi connectivity index (χ2n) is 10.3. The first-order valence-corrected chi connectivity index (χ1v) is 13.8. The van der Waals surface area contributed by atoms with Gasteiger partial charge in [0.15, 0.2) is 5.17 Å². The minimum atomic E-state index is 0.0874. The monoisotopic (exact) mass is 497 g/mol. The zero-order valence-corrected chi connectivity index (χ0v) is 22.7. The Labute approximate surface area is 219 Å². The van der Waals surface area contributed by atoms with E-state index in [1.165, 1.54) is 29.3 Å². The third kappa shape index (κ3) is 4.69. The number of aryl methyl sites for hydroxylation is 3. The van der Waals surface area contributed by atoms with Gasteiger partial charge in [-0.25, -0.2) is 4.99 Å². The Morgan fingerprint density at radius 1 is 0.944 bits per heavy atom. The molecule has 2 atom stereocenters. The van der Waals surface area contributed by atoms with Crippen LogP contribution in [0.3, 0.4) is 0 Å². The van der Waals surface area contributed by atoms with E-state index in [4.69, 9.17) is 4.99 Å². The van der Waals surface area contributed by atoms with Gasteiger partial charge in [-0.1, -0.05) is 44.0 Å². The van der Waals surface area contributed by atoms with Crippen LogP contribution in [0, 0.1) is 33.6 Å². The molecule has 1 aromatic heterocycles. The summed E-state index contributed by atoms with van der Waals surface area (Å²) in [7, 11) is 0. The SMILES string of the molecule is Cc1ccc(-n2c(C)cc(/C=C3\SC(=Nc4ccccc4)N([C@@H]4CCCC[C@H]4C)C3=O)c2C)cc1C. The standard InChI is InChI=1S/C31H35N3OS/c1-20-15-16-27(17-22(20)3)33-23(4)18-25(24(33)5)19-29-30(35)34(28-14-10-9-11-21(28)2)31(36-29)32-26-12-7-6-8-13-26/h6-8,12-13,15-19,21,28H,9-11,14H2,1-5H3/b29-19-,32-31?/t21-,28-/m1/s1. The van der Waals surface area contributed by atoms with Gasteiger partial charge in [-0.15, -0.1) is 0 Å². The molecule has 2 heterocycles. The molecule has 0 unspecified atom stereocenters. The topological polar surface area (TPSA) is 37.6 Å². The van der Waals surface area contributed by atoms with Gasteiger partial charge < -0.3 is 4.57 Å². The highest BCUT2D eigenvalue weighted by Gasteiger charge is 2.41. The van der Waals surface area contributed by atoms with E-state index < -0.39 is 0 Å². The largest absolute Gasteiger partial charge is 0.318 e. The summed E-state index contributed by atoms with van der Waals surface area (Å²) in [4.78, 5) is 21.5. The maximum absolute atomic E-state index is 13.9. The van der Waals surface area contributed by atoms with Crippen LogP contribution in [0.4, 0.5) is 5.69 Å². The van der Waals surface area contributed by atoms with Gasteiger partial charge in [-0.05, 0) is 111 Å². The van der Waals surface area contributed by atoms with Crippen molar-refractivity contribution in [3.05, 3.63) is 87.6 Å². The second-order valence-corrected chi connectivity index (χ2v) is 11.3. The summed E-state index contributed by atoms with van der Waals surface area (Å²) in [6, 6.07) is 18.9. The van der Waals surface area contributed by atoms with Crippen molar-refractivity contribution < 1.29 is 4.79 Å². The molecule has 4 nitrogen and oxygen atoms in total. The van der Waals surface area contributed by atoms with Crippen molar-refractivity contribution >= 4 is 34.6 Å². The number of para-hydroxylation sites is 1. The second kappa shape index (κ2) is 10.1. The molecular weight excluding hydrogens is 462 g/mol. The van der Waals surface area contributed by atoms with E-state index in [1.807, 2.05) is 35.2 Å². The van der Waals surface area contributed by atoms with E-state index in [1.54, 1.807) is 0 Å². The third-order valence-corrected chi connectivity index (χ3v) is 8.70. The van der Waals surface area contributed by atoms with Gasteiger partial charge in [0.2, 0.25) is 0 Å². The van der Waals surface area contributed by atoms with Crippen molar-refractivity contribution in [1.29, 1.82) is 0 Å². The molecule has 2 aromatic carbocycles. The normalized spacial score (nSPS) is 22.7. The summed E-state index contributed by atoms with van der Waals surface area (Å²) in [5, 5.41) is 0.805. The Morgan fingerprint density at radius 2 is 1.69 bits per heavy atom. The van der Waals surface area contributed by atoms with Crippen molar-refractivity contribution in [3.8, 4) is 5.69 Å². The van der Waals surface area contributed by atoms with Gasteiger partial charge >= 0.3 is 0 Å². The third-order valence-electron chi connectivity index (χ3n) is 7.72. The number of thioether (sulfide) groups is 1. The number of carbonyl (C=O) groups excluding carboxylic acids is 1. The van der Waals surface area contributed by atoms with Crippen LogP contribution in [0.25, 0.3) is 11.8 Å². The molecule has 2 aliphatic rings. The first-order chi connectivity index (χ1) is 17.3. The van der Waals surface area contributed by atoms with Crippen LogP contribution in [0.2, 0.25) is 0 Å². The number of benzene rings is 2. The van der Waals surface area contributed by atoms with Crippen LogP contribution in [0.1, 0.15) is 60.7 Å². The number of carbonyl (C=O) groups is 1. The molecule has 3 aromatic rings. The molecular formula is C31H35N3OS. The lowest BCUT2D eigenvalue weighted by Crippen LogP contribution is -2.44. The van der Waals surface area contributed by atoms with Gasteiger partial charge in [0.25, 0.3) is 5.91 Å². The first-order valence-electron chi connectivity index (χ1n) is 13.0. The Morgan fingerprint density at radius 3 is 2.42 bits per heavy atom. The van der Waals surface area contributed by atoms with Crippen LogP contribution in [-0.2, 0) is 4.79 Å². The predicted octanol–water partition coefficient (Wildman–Crippen LogP) is 7.89. The summed E-state index contributed by atoms with van der Waals surface area (Å²) < 4.78 is 2.28. The lowest BCUT2D eigenvalue weighted by atomic mass is 9.85. The molecule has 2 fully saturated rings. The summed E-state index contributed by atoms with van der Waals surface area (Å²) in [6.45, 7) is 10.8. The molecule has 0 spiro atoms. The average Bonchev–Trinajstić information content (AvgIpc) is 3.31. The van der Waals surface area contributed by atoms with E-state index in [-0.39, 0.29) is 11.9 Å². The molecule has 36 heavy (non-hydrogen) atoms. The van der Waals surface area contributed by atoms with Crippen molar-refractivity contribution in [1.82, 2.24) is 9.47 Å². The molecule has 0 N–H and O–H groups in total. The molecule has 186 valence electrons. The van der Waals surface area contributed by atoms with Gasteiger partial charge in [0, 0.05) is 23.1 Å². The van der Waals surface area contributed by atoms with Crippen LogP contribution in [0.15, 0.2) is 64.5 Å². The molecule has 5 rings (SSSR count). The molecule has 1 aliphatic carbocycles. The van der Waals surface area contributed by atoms with Crippen LogP contribution in [-0.4, -0.2) is 26.6 Å². The van der Waals surface area contributed by atoms with Crippen LogP contribution >= 0.6 is 11.8 Å². The summed E-state index contributed by atoms with van der Waals surface area (Å²) in [5.74, 6) is 0.558. The maximum atomic E-state index is 13.9. The number of hydrogen-bond acceptors (Lipinski definition) is 3. The summed E-state index contributed by atoms with van der Waals surface area (Å²) in [6.07, 6.45) is 6.67. The molecule has 5 heteroatoms. The van der Waals surface area contributed by atoms with Gasteiger partial charge in [-0.2, -0.15) is 0 Å². The van der Waals surface area contributed by atoms with Crippen molar-refractivity contribution in [2.75, 3.05) is 0 Å². The van der Waals surface area contributed by atoms with E-state index in [0.29, 0.717) is 5.92 Å². The average molecular weight is 498 g/mol. The summed E-state index contributed by atoms with van der Waals surface area (Å²) in [5.41, 5.74) is 8.00. The molecule has 1 amide bonds. The van der Waals surface area contributed by atoms with Crippen LogP contribution < -0.4 is 0 Å². The Balaban J connectivity index is 1.54. The van der Waals surface area contributed by atoms with Gasteiger partial charge in [0.1, 0.15) is 0 Å². The Bertz CT molecular complexity index is 1350. The number of aromatic nitrogens is 1. The highest BCUT2D eigenvalue weighted by Crippen LogP contribution is 2.40. The fourth-order valence-electron chi connectivity index (χ4n) is 5.49. The molecule has 0 bridgehead atoms. The van der Waals surface area contributed by atoms with Gasteiger partial charge in [-0.3, -0.25) is 9.69 Å². The maximum Gasteiger partial charge on any atom is 0.267 e. The van der Waals surface area contributed by atoms with E-state index in [0.717, 1.165) is 57.7 Å². The number of nitrogens with zero attached hydrogens (tertiary/aromatic N) is 3. The fraction of sp³-hybridized carbons (Fsp3) is 0.355. The lowest BCUT2D eigenvalue weighted by molar-refractivity contribution is -0.124. The molecule has 1 aliphatic heterocycles. The zero-order valence-electron chi connectivity index (χ0n) is 21.9. The Kier molecular flexibility index (Phi) is 6.94. The van der Waals surface area contributed by atoms with Gasteiger partial charge in [0.05, 0.1) is 10.6 Å². The van der Waals surface area contributed by atoms with Crippen molar-refractivity contribution in [2.45, 2.75) is 66.3 Å². The van der Waals surface area contributed by atoms with E-state index in [9.17, 15) is 4.79 Å². The summed E-state index contributed by atoms with van der Waals surface area (Å²) >= 11 is 1.51. The lowest BCUT2D eigenvalue weighted by Gasteiger charge is -2.35. The highest BCUT2D eigenvalue weighted by molar-refractivity contribution is 8.18. The predicted molar refractivity (Wildman–Crippen MR) is 152 cm³/mol. The smallest absolute Gasteiger partial charge is 0.267 e. The highest BCUT2D eigenvalue weighted by atomic mass is 32.2. The van der Waals surface area contributed by atoms with Crippen LogP contribution in [0.5, 0.6) is 0 Å². The number of aliphatic imine (C=N–C) groups is 1. The zero-order chi connectivity index (χ0) is 25.4. The first kappa shape index (κ1) is 24.6. The Hall–Kier alpha value is -3.05. The van der Waals surface area contributed by atoms with Crippen molar-refractivity contribution in [2.24, 2.45) is 10.9 Å². The molecule has 1 saturated carbocycles. The number of amides is 1. The van der Waals surface area contributed by atoms with Crippen molar-refractivity contribution in [3.63, 3.8) is 0 Å². The van der Waals surface area contributed by atoms with E-state index in [2.05, 4.69) is 69.5 Å². The molecule has 1 saturated heterocycles. The minimum absolute atomic E-state index is 0.0874. The molecule has 0 radical (unpaired) electrons. The quantitative estimate of drug-likeness (QED) is 0.344. The number of hydrogen-bond donors (Lipinski definition) is 0.